The van der Waals surface area contributed by atoms with E-state index in [4.69, 9.17) is 9.26 Å². The lowest BCUT2D eigenvalue weighted by Crippen LogP contribution is -2.41. The molecule has 6 heteroatoms. The third-order valence-electron chi connectivity index (χ3n) is 3.20. The van der Waals surface area contributed by atoms with Gasteiger partial charge in [-0.2, -0.15) is 0 Å². The molecule has 2 amide bonds. The van der Waals surface area contributed by atoms with E-state index in [1.165, 1.54) is 0 Å². The van der Waals surface area contributed by atoms with Crippen LogP contribution in [0.25, 0.3) is 0 Å². The molecule has 0 bridgehead atoms. The van der Waals surface area contributed by atoms with Gasteiger partial charge in [0.15, 0.2) is 0 Å². The van der Waals surface area contributed by atoms with Gasteiger partial charge in [0.05, 0.1) is 13.7 Å². The Kier molecular flexibility index (Phi) is 5.41. The zero-order valence-electron chi connectivity index (χ0n) is 13.1. The Morgan fingerprint density at radius 2 is 2.18 bits per heavy atom. The average Bonchev–Trinajstić information content (AvgIpc) is 2.91. The Hall–Kier alpha value is -2.50. The third-order valence-corrected chi connectivity index (χ3v) is 3.20. The molecule has 0 saturated carbocycles. The van der Waals surface area contributed by atoms with Gasteiger partial charge in [0.2, 0.25) is 0 Å². The summed E-state index contributed by atoms with van der Waals surface area (Å²) in [5.74, 6) is 1.55. The number of carbonyl (C=O) groups is 1. The van der Waals surface area contributed by atoms with E-state index in [0.717, 1.165) is 17.1 Å². The molecular weight excluding hydrogens is 282 g/mol. The number of urea groups is 1. The average molecular weight is 303 g/mol. The fraction of sp³-hybridized carbons (Fsp3) is 0.375. The molecule has 6 nitrogen and oxygen atoms in total. The van der Waals surface area contributed by atoms with Crippen LogP contribution in [0.3, 0.4) is 0 Å². The number of aromatic nitrogens is 1. The molecule has 2 aromatic rings. The molecule has 0 fully saturated rings. The quantitative estimate of drug-likeness (QED) is 0.859. The Morgan fingerprint density at radius 1 is 1.41 bits per heavy atom. The number of hydrogen-bond donors (Lipinski definition) is 2. The fourth-order valence-electron chi connectivity index (χ4n) is 2.20. The van der Waals surface area contributed by atoms with E-state index in [0.29, 0.717) is 18.7 Å². The second-order valence-corrected chi connectivity index (χ2v) is 5.17. The SMILES string of the molecule is COc1ccccc1CC(C)NC(=O)NCc1cc(C)on1. The summed E-state index contributed by atoms with van der Waals surface area (Å²) in [6.45, 7) is 4.10. The predicted octanol–water partition coefficient (Wildman–Crippen LogP) is 2.42. The van der Waals surface area contributed by atoms with E-state index >= 15 is 0 Å². The highest BCUT2D eigenvalue weighted by Gasteiger charge is 2.11. The van der Waals surface area contributed by atoms with Crippen molar-refractivity contribution in [3.8, 4) is 5.75 Å². The zero-order chi connectivity index (χ0) is 15.9. The molecule has 1 unspecified atom stereocenters. The number of para-hydroxylation sites is 1. The van der Waals surface area contributed by atoms with Crippen molar-refractivity contribution in [2.45, 2.75) is 32.9 Å². The smallest absolute Gasteiger partial charge is 0.315 e. The Bertz CT molecular complexity index is 625. The van der Waals surface area contributed by atoms with Crippen molar-refractivity contribution in [2.75, 3.05) is 7.11 Å². The number of rotatable bonds is 6. The predicted molar refractivity (Wildman–Crippen MR) is 82.8 cm³/mol. The Morgan fingerprint density at radius 3 is 2.86 bits per heavy atom. The molecule has 1 atom stereocenters. The van der Waals surface area contributed by atoms with E-state index in [-0.39, 0.29) is 12.1 Å². The number of nitrogens with one attached hydrogen (secondary N) is 2. The molecular formula is C16H21N3O3. The lowest BCUT2D eigenvalue weighted by molar-refractivity contribution is 0.237. The van der Waals surface area contributed by atoms with Crippen LogP contribution in [-0.4, -0.2) is 24.3 Å². The van der Waals surface area contributed by atoms with Crippen molar-refractivity contribution >= 4 is 6.03 Å². The van der Waals surface area contributed by atoms with Gasteiger partial charge < -0.3 is 19.9 Å². The van der Waals surface area contributed by atoms with E-state index in [1.54, 1.807) is 13.2 Å². The summed E-state index contributed by atoms with van der Waals surface area (Å²) in [6.07, 6.45) is 0.695. The van der Waals surface area contributed by atoms with Gasteiger partial charge in [-0.25, -0.2) is 4.79 Å². The van der Waals surface area contributed by atoms with Crippen molar-refractivity contribution in [2.24, 2.45) is 0 Å². The van der Waals surface area contributed by atoms with Crippen LogP contribution in [0.4, 0.5) is 4.79 Å². The number of amides is 2. The summed E-state index contributed by atoms with van der Waals surface area (Å²) in [6, 6.07) is 9.32. The van der Waals surface area contributed by atoms with Gasteiger partial charge >= 0.3 is 6.03 Å². The van der Waals surface area contributed by atoms with Gasteiger partial charge in [0.1, 0.15) is 17.2 Å². The first-order valence-corrected chi connectivity index (χ1v) is 7.17. The number of benzene rings is 1. The standard InChI is InChI=1S/C16H21N3O3/c1-11(8-13-6-4-5-7-15(13)21-3)18-16(20)17-10-14-9-12(2)22-19-14/h4-7,9,11H,8,10H2,1-3H3,(H2,17,18,20). The summed E-state index contributed by atoms with van der Waals surface area (Å²) in [5, 5.41) is 9.47. The summed E-state index contributed by atoms with van der Waals surface area (Å²) >= 11 is 0. The van der Waals surface area contributed by atoms with Crippen molar-refractivity contribution in [3.63, 3.8) is 0 Å². The normalized spacial score (nSPS) is 11.8. The highest BCUT2D eigenvalue weighted by Crippen LogP contribution is 2.18. The molecule has 0 aliphatic heterocycles. The molecule has 0 spiro atoms. The second-order valence-electron chi connectivity index (χ2n) is 5.17. The molecule has 1 heterocycles. The zero-order valence-corrected chi connectivity index (χ0v) is 13.1. The maximum absolute atomic E-state index is 11.9. The van der Waals surface area contributed by atoms with Crippen LogP contribution in [0, 0.1) is 6.92 Å². The number of methoxy groups -OCH3 is 1. The molecule has 0 radical (unpaired) electrons. The first kappa shape index (κ1) is 15.9. The van der Waals surface area contributed by atoms with Crippen molar-refractivity contribution in [1.29, 1.82) is 0 Å². The largest absolute Gasteiger partial charge is 0.496 e. The Labute approximate surface area is 129 Å². The van der Waals surface area contributed by atoms with E-state index in [1.807, 2.05) is 38.1 Å². The van der Waals surface area contributed by atoms with Crippen LogP contribution in [0.5, 0.6) is 5.75 Å². The van der Waals surface area contributed by atoms with E-state index in [2.05, 4.69) is 15.8 Å². The minimum atomic E-state index is -0.233. The fourth-order valence-corrected chi connectivity index (χ4v) is 2.20. The topological polar surface area (TPSA) is 76.4 Å². The van der Waals surface area contributed by atoms with E-state index < -0.39 is 0 Å². The van der Waals surface area contributed by atoms with Gasteiger partial charge in [0, 0.05) is 12.1 Å². The van der Waals surface area contributed by atoms with Crippen LogP contribution in [0.2, 0.25) is 0 Å². The number of ether oxygens (including phenoxy) is 1. The molecule has 22 heavy (non-hydrogen) atoms. The van der Waals surface area contributed by atoms with Crippen LogP contribution in [0.15, 0.2) is 34.9 Å². The summed E-state index contributed by atoms with van der Waals surface area (Å²) < 4.78 is 10.3. The minimum absolute atomic E-state index is 0.0182. The highest BCUT2D eigenvalue weighted by molar-refractivity contribution is 5.74. The lowest BCUT2D eigenvalue weighted by atomic mass is 10.1. The molecule has 0 aliphatic carbocycles. The maximum Gasteiger partial charge on any atom is 0.315 e. The lowest BCUT2D eigenvalue weighted by Gasteiger charge is -2.16. The summed E-state index contributed by atoms with van der Waals surface area (Å²) in [4.78, 5) is 11.9. The van der Waals surface area contributed by atoms with Gasteiger partial charge in [-0.15, -0.1) is 0 Å². The van der Waals surface area contributed by atoms with Crippen LogP contribution in [0.1, 0.15) is 23.9 Å². The van der Waals surface area contributed by atoms with Crippen LogP contribution >= 0.6 is 0 Å². The Balaban J connectivity index is 1.81. The molecule has 1 aromatic carbocycles. The summed E-state index contributed by atoms with van der Waals surface area (Å²) in [5.41, 5.74) is 1.76. The second kappa shape index (κ2) is 7.49. The van der Waals surface area contributed by atoms with Gasteiger partial charge in [0.25, 0.3) is 0 Å². The van der Waals surface area contributed by atoms with Gasteiger partial charge in [-0.1, -0.05) is 23.4 Å². The first-order valence-electron chi connectivity index (χ1n) is 7.17. The first-order chi connectivity index (χ1) is 10.6. The van der Waals surface area contributed by atoms with Crippen molar-refractivity contribution in [3.05, 3.63) is 47.3 Å². The van der Waals surface area contributed by atoms with Crippen LogP contribution < -0.4 is 15.4 Å². The van der Waals surface area contributed by atoms with Crippen molar-refractivity contribution < 1.29 is 14.1 Å². The molecule has 0 aliphatic rings. The molecule has 1 aromatic heterocycles. The number of carbonyl (C=O) groups excluding carboxylic acids is 1. The van der Waals surface area contributed by atoms with Crippen molar-refractivity contribution in [1.82, 2.24) is 15.8 Å². The van der Waals surface area contributed by atoms with E-state index in [9.17, 15) is 4.79 Å². The summed E-state index contributed by atoms with van der Waals surface area (Å²) in [7, 11) is 1.64. The number of nitrogens with zero attached hydrogens (tertiary/aromatic N) is 1. The van der Waals surface area contributed by atoms with Crippen LogP contribution in [-0.2, 0) is 13.0 Å². The molecule has 2 N–H and O–H groups in total. The molecule has 0 saturated heterocycles. The minimum Gasteiger partial charge on any atom is -0.496 e. The molecule has 118 valence electrons. The highest BCUT2D eigenvalue weighted by atomic mass is 16.5. The third kappa shape index (κ3) is 4.51. The van der Waals surface area contributed by atoms with Gasteiger partial charge in [-0.05, 0) is 31.9 Å². The monoisotopic (exact) mass is 303 g/mol. The number of aryl methyl sites for hydroxylation is 1. The molecule has 2 rings (SSSR count). The number of hydrogen-bond acceptors (Lipinski definition) is 4. The maximum atomic E-state index is 11.9. The van der Waals surface area contributed by atoms with Gasteiger partial charge in [-0.3, -0.25) is 0 Å².